The molecule has 3 rings (SSSR count). The minimum Gasteiger partial charge on any atom is -0.494 e. The standard InChI is InChI=1S/C19H16N2O3S/c1-24-16-11-14(19(22)23)12-7-3-4-8-13(12)18(16)21-20-15-9-5-6-10-17(15)25-2/h3-11H,1-2H3,(H,22,23). The lowest BCUT2D eigenvalue weighted by Gasteiger charge is -2.10. The number of carbonyl (C=O) groups is 1. The Hall–Kier alpha value is -2.86. The molecule has 0 atom stereocenters. The van der Waals surface area contributed by atoms with E-state index in [0.717, 1.165) is 10.6 Å². The van der Waals surface area contributed by atoms with Gasteiger partial charge in [0.25, 0.3) is 0 Å². The lowest BCUT2D eigenvalue weighted by atomic mass is 10.0. The van der Waals surface area contributed by atoms with Gasteiger partial charge in [-0.1, -0.05) is 36.4 Å². The van der Waals surface area contributed by atoms with Crippen molar-refractivity contribution in [1.29, 1.82) is 0 Å². The molecule has 0 radical (unpaired) electrons. The molecule has 0 aliphatic rings. The number of methoxy groups -OCH3 is 1. The highest BCUT2D eigenvalue weighted by Crippen LogP contribution is 2.39. The lowest BCUT2D eigenvalue weighted by molar-refractivity contribution is 0.0698. The first-order chi connectivity index (χ1) is 12.2. The minimum absolute atomic E-state index is 0.177. The van der Waals surface area contributed by atoms with E-state index in [1.165, 1.54) is 13.2 Å². The molecule has 3 aromatic carbocycles. The van der Waals surface area contributed by atoms with E-state index in [4.69, 9.17) is 4.74 Å². The van der Waals surface area contributed by atoms with Gasteiger partial charge in [0.05, 0.1) is 18.4 Å². The Labute approximate surface area is 149 Å². The molecule has 0 heterocycles. The van der Waals surface area contributed by atoms with E-state index in [0.29, 0.717) is 22.2 Å². The average Bonchev–Trinajstić information content (AvgIpc) is 2.65. The number of carboxylic acids is 1. The van der Waals surface area contributed by atoms with E-state index >= 15 is 0 Å². The second-order valence-corrected chi connectivity index (χ2v) is 6.05. The molecule has 126 valence electrons. The van der Waals surface area contributed by atoms with Crippen LogP contribution >= 0.6 is 11.8 Å². The van der Waals surface area contributed by atoms with Gasteiger partial charge in [-0.25, -0.2) is 4.79 Å². The van der Waals surface area contributed by atoms with Gasteiger partial charge in [0.15, 0.2) is 0 Å². The van der Waals surface area contributed by atoms with Gasteiger partial charge in [-0.05, 0) is 29.8 Å². The summed E-state index contributed by atoms with van der Waals surface area (Å²) in [5.41, 5.74) is 1.44. The quantitative estimate of drug-likeness (QED) is 0.473. The molecule has 0 saturated carbocycles. The van der Waals surface area contributed by atoms with E-state index in [2.05, 4.69) is 10.2 Å². The van der Waals surface area contributed by atoms with Crippen LogP contribution in [-0.4, -0.2) is 24.4 Å². The van der Waals surface area contributed by atoms with Gasteiger partial charge >= 0.3 is 5.97 Å². The molecule has 0 aliphatic heterocycles. The van der Waals surface area contributed by atoms with E-state index in [9.17, 15) is 9.90 Å². The average molecular weight is 352 g/mol. The number of hydrogen-bond donors (Lipinski definition) is 1. The first kappa shape index (κ1) is 17.0. The smallest absolute Gasteiger partial charge is 0.336 e. The van der Waals surface area contributed by atoms with Crippen molar-refractivity contribution < 1.29 is 14.6 Å². The molecule has 0 aliphatic carbocycles. The summed E-state index contributed by atoms with van der Waals surface area (Å²) < 4.78 is 5.37. The van der Waals surface area contributed by atoms with Gasteiger partial charge in [-0.2, -0.15) is 0 Å². The topological polar surface area (TPSA) is 71.2 Å². The van der Waals surface area contributed by atoms with E-state index in [-0.39, 0.29) is 5.56 Å². The van der Waals surface area contributed by atoms with E-state index in [1.54, 1.807) is 23.9 Å². The SMILES string of the molecule is COc1cc(C(=O)O)c2ccccc2c1N=Nc1ccccc1SC. The van der Waals surface area contributed by atoms with Crippen molar-refractivity contribution in [3.63, 3.8) is 0 Å². The number of nitrogens with zero attached hydrogens (tertiary/aromatic N) is 2. The number of fused-ring (bicyclic) bond motifs is 1. The zero-order valence-electron chi connectivity index (χ0n) is 13.8. The van der Waals surface area contributed by atoms with Crippen LogP contribution in [0.25, 0.3) is 10.8 Å². The zero-order chi connectivity index (χ0) is 17.8. The van der Waals surface area contributed by atoms with Crippen molar-refractivity contribution >= 4 is 39.9 Å². The summed E-state index contributed by atoms with van der Waals surface area (Å²) in [4.78, 5) is 12.6. The van der Waals surface area contributed by atoms with Gasteiger partial charge in [0.1, 0.15) is 11.4 Å². The molecular weight excluding hydrogens is 336 g/mol. The van der Waals surface area contributed by atoms with Crippen molar-refractivity contribution in [1.82, 2.24) is 0 Å². The highest BCUT2D eigenvalue weighted by molar-refractivity contribution is 7.98. The number of carboxylic acid groups (broad SMARTS) is 1. The zero-order valence-corrected chi connectivity index (χ0v) is 14.6. The fraction of sp³-hybridized carbons (Fsp3) is 0.105. The molecule has 0 amide bonds. The number of rotatable bonds is 5. The predicted octanol–water partition coefficient (Wildman–Crippen LogP) is 5.68. The Morgan fingerprint density at radius 1 is 1.04 bits per heavy atom. The maximum atomic E-state index is 11.5. The number of aromatic carboxylic acids is 1. The molecular formula is C19H16N2O3S. The van der Waals surface area contributed by atoms with Gasteiger partial charge in [0, 0.05) is 10.3 Å². The summed E-state index contributed by atoms with van der Waals surface area (Å²) in [7, 11) is 1.49. The highest BCUT2D eigenvalue weighted by atomic mass is 32.2. The lowest BCUT2D eigenvalue weighted by Crippen LogP contribution is -1.99. The second-order valence-electron chi connectivity index (χ2n) is 5.20. The number of azo groups is 1. The molecule has 0 unspecified atom stereocenters. The Morgan fingerprint density at radius 2 is 1.72 bits per heavy atom. The Kier molecular flexibility index (Phi) is 5.00. The fourth-order valence-electron chi connectivity index (χ4n) is 2.59. The summed E-state index contributed by atoms with van der Waals surface area (Å²) in [6.07, 6.45) is 1.98. The molecule has 5 nitrogen and oxygen atoms in total. The van der Waals surface area contributed by atoms with Crippen LogP contribution in [0.4, 0.5) is 11.4 Å². The molecule has 25 heavy (non-hydrogen) atoms. The van der Waals surface area contributed by atoms with Gasteiger partial charge in [0.2, 0.25) is 0 Å². The molecule has 6 heteroatoms. The maximum absolute atomic E-state index is 11.5. The summed E-state index contributed by atoms with van der Waals surface area (Å²) in [6.45, 7) is 0. The van der Waals surface area contributed by atoms with Crippen LogP contribution < -0.4 is 4.74 Å². The number of thioether (sulfide) groups is 1. The van der Waals surface area contributed by atoms with Crippen LogP contribution in [0.15, 0.2) is 69.7 Å². The van der Waals surface area contributed by atoms with Gasteiger partial charge in [-0.3, -0.25) is 0 Å². The molecule has 0 bridgehead atoms. The number of ether oxygens (including phenoxy) is 1. The maximum Gasteiger partial charge on any atom is 0.336 e. The predicted molar refractivity (Wildman–Crippen MR) is 99.9 cm³/mol. The fourth-order valence-corrected chi connectivity index (χ4v) is 3.12. The van der Waals surface area contributed by atoms with E-state index < -0.39 is 5.97 Å². The van der Waals surface area contributed by atoms with Crippen LogP contribution in [0.5, 0.6) is 5.75 Å². The van der Waals surface area contributed by atoms with Crippen LogP contribution in [0.2, 0.25) is 0 Å². The number of benzene rings is 3. The third-order valence-corrected chi connectivity index (χ3v) is 4.56. The molecule has 0 fully saturated rings. The van der Waals surface area contributed by atoms with Crippen molar-refractivity contribution in [3.05, 3.63) is 60.2 Å². The summed E-state index contributed by atoms with van der Waals surface area (Å²) in [6, 6.07) is 16.4. The van der Waals surface area contributed by atoms with Crippen molar-refractivity contribution in [3.8, 4) is 5.75 Å². The number of hydrogen-bond acceptors (Lipinski definition) is 5. The third kappa shape index (κ3) is 3.34. The van der Waals surface area contributed by atoms with Gasteiger partial charge in [-0.15, -0.1) is 22.0 Å². The molecule has 1 N–H and O–H groups in total. The Balaban J connectivity index is 2.20. The highest BCUT2D eigenvalue weighted by Gasteiger charge is 2.16. The monoisotopic (exact) mass is 352 g/mol. The van der Waals surface area contributed by atoms with Crippen molar-refractivity contribution in [2.24, 2.45) is 10.2 Å². The van der Waals surface area contributed by atoms with Crippen LogP contribution in [0, 0.1) is 0 Å². The second kappa shape index (κ2) is 7.36. The molecule has 0 aromatic heterocycles. The summed E-state index contributed by atoms with van der Waals surface area (Å²) in [5.74, 6) is -0.632. The van der Waals surface area contributed by atoms with Gasteiger partial charge < -0.3 is 9.84 Å². The Bertz CT molecular complexity index is 970. The van der Waals surface area contributed by atoms with Crippen LogP contribution in [-0.2, 0) is 0 Å². The largest absolute Gasteiger partial charge is 0.494 e. The molecule has 0 saturated heterocycles. The summed E-state index contributed by atoms with van der Waals surface area (Å²) >= 11 is 1.59. The summed E-state index contributed by atoms with van der Waals surface area (Å²) in [5, 5.41) is 19.5. The van der Waals surface area contributed by atoms with Crippen LogP contribution in [0.3, 0.4) is 0 Å². The molecule has 0 spiro atoms. The van der Waals surface area contributed by atoms with E-state index in [1.807, 2.05) is 42.7 Å². The third-order valence-electron chi connectivity index (χ3n) is 3.77. The van der Waals surface area contributed by atoms with Crippen LogP contribution in [0.1, 0.15) is 10.4 Å². The first-order valence-electron chi connectivity index (χ1n) is 7.53. The molecule has 3 aromatic rings. The first-order valence-corrected chi connectivity index (χ1v) is 8.76. The minimum atomic E-state index is -1.01. The Morgan fingerprint density at radius 3 is 2.40 bits per heavy atom. The van der Waals surface area contributed by atoms with Crippen molar-refractivity contribution in [2.75, 3.05) is 13.4 Å². The normalized spacial score (nSPS) is 11.1. The van der Waals surface area contributed by atoms with Crippen molar-refractivity contribution in [2.45, 2.75) is 4.90 Å².